The van der Waals surface area contributed by atoms with E-state index in [1.165, 1.54) is 0 Å². The predicted octanol–water partition coefficient (Wildman–Crippen LogP) is 2.05. The molecule has 1 saturated heterocycles. The highest BCUT2D eigenvalue weighted by Crippen LogP contribution is 2.22. The Morgan fingerprint density at radius 2 is 2.11 bits per heavy atom. The van der Waals surface area contributed by atoms with E-state index < -0.39 is 5.97 Å². The van der Waals surface area contributed by atoms with Crippen molar-refractivity contribution in [3.8, 4) is 0 Å². The van der Waals surface area contributed by atoms with E-state index in [1.54, 1.807) is 4.90 Å². The summed E-state index contributed by atoms with van der Waals surface area (Å²) >= 11 is 3.34. The summed E-state index contributed by atoms with van der Waals surface area (Å²) < 4.78 is 6.30. The zero-order valence-electron chi connectivity index (χ0n) is 10.2. The fourth-order valence-electron chi connectivity index (χ4n) is 1.95. The molecule has 1 fully saturated rings. The number of carboxylic acid groups (broad SMARTS) is 1. The number of amides is 1. The van der Waals surface area contributed by atoms with Crippen molar-refractivity contribution in [2.24, 2.45) is 0 Å². The molecule has 0 aromatic heterocycles. The third-order valence-electron chi connectivity index (χ3n) is 2.95. The van der Waals surface area contributed by atoms with Gasteiger partial charge in [0.15, 0.2) is 0 Å². The molecule has 1 amide bonds. The number of morpholine rings is 1. The largest absolute Gasteiger partial charge is 0.481 e. The van der Waals surface area contributed by atoms with Crippen LogP contribution in [0.2, 0.25) is 0 Å². The molecule has 0 bridgehead atoms. The zero-order valence-corrected chi connectivity index (χ0v) is 11.8. The Balaban J connectivity index is 2.04. The van der Waals surface area contributed by atoms with E-state index in [0.29, 0.717) is 13.0 Å². The molecule has 1 aromatic carbocycles. The van der Waals surface area contributed by atoms with E-state index in [-0.39, 0.29) is 25.0 Å². The fraction of sp³-hybridized carbons (Fsp3) is 0.385. The third kappa shape index (κ3) is 3.78. The van der Waals surface area contributed by atoms with Crippen LogP contribution in [0.4, 0.5) is 5.69 Å². The maximum absolute atomic E-state index is 11.8. The number of carbonyl (C=O) groups is 2. The molecule has 6 heteroatoms. The van der Waals surface area contributed by atoms with Gasteiger partial charge in [0, 0.05) is 16.6 Å². The lowest BCUT2D eigenvalue weighted by Crippen LogP contribution is -2.46. The molecule has 1 heterocycles. The first-order valence-corrected chi connectivity index (χ1v) is 6.75. The van der Waals surface area contributed by atoms with Gasteiger partial charge in [0.25, 0.3) is 5.91 Å². The number of hydrogen-bond acceptors (Lipinski definition) is 3. The minimum Gasteiger partial charge on any atom is -0.481 e. The lowest BCUT2D eigenvalue weighted by Gasteiger charge is -2.32. The Hall–Kier alpha value is -1.40. The molecule has 0 radical (unpaired) electrons. The van der Waals surface area contributed by atoms with Crippen molar-refractivity contribution in [3.63, 3.8) is 0 Å². The van der Waals surface area contributed by atoms with Crippen molar-refractivity contribution in [1.82, 2.24) is 0 Å². The maximum Gasteiger partial charge on any atom is 0.303 e. The van der Waals surface area contributed by atoms with Gasteiger partial charge >= 0.3 is 5.97 Å². The molecule has 19 heavy (non-hydrogen) atoms. The molecule has 2 rings (SSSR count). The SMILES string of the molecule is O=C(O)CCC1CN(c2ccc(Br)cc2)C(=O)CO1. The number of anilines is 1. The second kappa shape index (κ2) is 6.16. The van der Waals surface area contributed by atoms with Gasteiger partial charge in [0.05, 0.1) is 12.6 Å². The van der Waals surface area contributed by atoms with Crippen LogP contribution in [0.3, 0.4) is 0 Å². The summed E-state index contributed by atoms with van der Waals surface area (Å²) in [7, 11) is 0. The van der Waals surface area contributed by atoms with Crippen LogP contribution in [0.1, 0.15) is 12.8 Å². The average Bonchev–Trinajstić information content (AvgIpc) is 2.39. The van der Waals surface area contributed by atoms with Crippen LogP contribution in [-0.4, -0.2) is 36.2 Å². The standard InChI is InChI=1S/C13H14BrNO4/c14-9-1-3-10(4-2-9)15-7-11(5-6-13(17)18)19-8-12(15)16/h1-4,11H,5-8H2,(H,17,18). The Morgan fingerprint density at radius 1 is 1.42 bits per heavy atom. The first-order valence-electron chi connectivity index (χ1n) is 5.95. The van der Waals surface area contributed by atoms with Gasteiger partial charge in [-0.2, -0.15) is 0 Å². The summed E-state index contributed by atoms with van der Waals surface area (Å²) in [6.07, 6.45) is 0.236. The second-order valence-electron chi connectivity index (χ2n) is 4.35. The Labute approximate surface area is 119 Å². The first-order chi connectivity index (χ1) is 9.06. The van der Waals surface area contributed by atoms with Gasteiger partial charge in [0.1, 0.15) is 6.61 Å². The van der Waals surface area contributed by atoms with Gasteiger partial charge in [0.2, 0.25) is 0 Å². The van der Waals surface area contributed by atoms with Crippen LogP contribution in [0.15, 0.2) is 28.7 Å². The fourth-order valence-corrected chi connectivity index (χ4v) is 2.22. The van der Waals surface area contributed by atoms with Crippen LogP contribution in [-0.2, 0) is 14.3 Å². The normalized spacial score (nSPS) is 19.5. The minimum atomic E-state index is -0.851. The Bertz CT molecular complexity index is 474. The molecule has 1 aliphatic heterocycles. The van der Waals surface area contributed by atoms with E-state index in [1.807, 2.05) is 24.3 Å². The predicted molar refractivity (Wildman–Crippen MR) is 73.1 cm³/mol. The quantitative estimate of drug-likeness (QED) is 0.919. The number of carboxylic acids is 1. The summed E-state index contributed by atoms with van der Waals surface area (Å²) in [5.41, 5.74) is 0.803. The highest BCUT2D eigenvalue weighted by atomic mass is 79.9. The summed E-state index contributed by atoms with van der Waals surface area (Å²) in [6.45, 7) is 0.397. The highest BCUT2D eigenvalue weighted by molar-refractivity contribution is 9.10. The smallest absolute Gasteiger partial charge is 0.303 e. The number of ether oxygens (including phenoxy) is 1. The van der Waals surface area contributed by atoms with Crippen molar-refractivity contribution < 1.29 is 19.4 Å². The number of carbonyl (C=O) groups excluding carboxylic acids is 1. The van der Waals surface area contributed by atoms with Gasteiger partial charge in [-0.1, -0.05) is 15.9 Å². The third-order valence-corrected chi connectivity index (χ3v) is 3.48. The highest BCUT2D eigenvalue weighted by Gasteiger charge is 2.27. The van der Waals surface area contributed by atoms with Crippen molar-refractivity contribution >= 4 is 33.5 Å². The molecule has 1 aromatic rings. The minimum absolute atomic E-state index is 0.000347. The topological polar surface area (TPSA) is 66.8 Å². The molecule has 5 nitrogen and oxygen atoms in total. The lowest BCUT2D eigenvalue weighted by atomic mass is 10.1. The van der Waals surface area contributed by atoms with Crippen LogP contribution >= 0.6 is 15.9 Å². The van der Waals surface area contributed by atoms with E-state index in [0.717, 1.165) is 10.2 Å². The van der Waals surface area contributed by atoms with Crippen LogP contribution in [0.25, 0.3) is 0 Å². The molecule has 0 spiro atoms. The summed E-state index contributed by atoms with van der Waals surface area (Å²) in [5.74, 6) is -0.954. The molecule has 1 N–H and O–H groups in total. The van der Waals surface area contributed by atoms with E-state index >= 15 is 0 Å². The van der Waals surface area contributed by atoms with Crippen LogP contribution < -0.4 is 4.90 Å². The van der Waals surface area contributed by atoms with Gasteiger partial charge in [-0.3, -0.25) is 9.59 Å². The number of benzene rings is 1. The van der Waals surface area contributed by atoms with Crippen molar-refractivity contribution in [2.75, 3.05) is 18.1 Å². The van der Waals surface area contributed by atoms with E-state index in [2.05, 4.69) is 15.9 Å². The van der Waals surface area contributed by atoms with E-state index in [4.69, 9.17) is 9.84 Å². The molecular formula is C13H14BrNO4. The zero-order chi connectivity index (χ0) is 13.8. The molecule has 1 unspecified atom stereocenters. The molecule has 102 valence electrons. The number of nitrogens with zero attached hydrogens (tertiary/aromatic N) is 1. The maximum atomic E-state index is 11.8. The van der Waals surface area contributed by atoms with Crippen LogP contribution in [0, 0.1) is 0 Å². The molecular weight excluding hydrogens is 314 g/mol. The molecule has 1 aliphatic rings. The summed E-state index contributed by atoms with van der Waals surface area (Å²) in [6, 6.07) is 7.43. The van der Waals surface area contributed by atoms with Gasteiger partial charge in [-0.05, 0) is 30.7 Å². The monoisotopic (exact) mass is 327 g/mol. The Kier molecular flexibility index (Phi) is 4.55. The number of hydrogen-bond donors (Lipinski definition) is 1. The number of aliphatic carboxylic acids is 1. The Morgan fingerprint density at radius 3 is 2.74 bits per heavy atom. The average molecular weight is 328 g/mol. The van der Waals surface area contributed by atoms with E-state index in [9.17, 15) is 9.59 Å². The summed E-state index contributed by atoms with van der Waals surface area (Å²) in [4.78, 5) is 24.0. The van der Waals surface area contributed by atoms with Crippen molar-refractivity contribution in [3.05, 3.63) is 28.7 Å². The van der Waals surface area contributed by atoms with Gasteiger partial charge < -0.3 is 14.7 Å². The second-order valence-corrected chi connectivity index (χ2v) is 5.26. The summed E-state index contributed by atoms with van der Waals surface area (Å²) in [5, 5.41) is 8.67. The molecule has 1 atom stereocenters. The molecule has 0 aliphatic carbocycles. The molecule has 0 saturated carbocycles. The number of halogens is 1. The lowest BCUT2D eigenvalue weighted by molar-refractivity contribution is -0.138. The van der Waals surface area contributed by atoms with Crippen molar-refractivity contribution in [2.45, 2.75) is 18.9 Å². The number of rotatable bonds is 4. The van der Waals surface area contributed by atoms with Gasteiger partial charge in [-0.25, -0.2) is 0 Å². The van der Waals surface area contributed by atoms with Crippen LogP contribution in [0.5, 0.6) is 0 Å². The van der Waals surface area contributed by atoms with Gasteiger partial charge in [-0.15, -0.1) is 0 Å². The van der Waals surface area contributed by atoms with Crippen molar-refractivity contribution in [1.29, 1.82) is 0 Å². The first kappa shape index (κ1) is 14.0.